The molecule has 1 aliphatic rings. The Labute approximate surface area is 144 Å². The number of ether oxygens (including phenoxy) is 2. The maximum absolute atomic E-state index is 12.3. The number of carbonyl (C=O) groups excluding carboxylic acids is 1. The number of rotatable bonds is 5. The van der Waals surface area contributed by atoms with Crippen LogP contribution in [0.2, 0.25) is 0 Å². The summed E-state index contributed by atoms with van der Waals surface area (Å²) in [5.74, 6) is 1.41. The molecule has 1 aliphatic heterocycles. The van der Waals surface area contributed by atoms with Crippen LogP contribution in [0.5, 0.6) is 11.5 Å². The highest BCUT2D eigenvalue weighted by Crippen LogP contribution is 2.32. The van der Waals surface area contributed by atoms with Crippen LogP contribution in [0.3, 0.4) is 0 Å². The summed E-state index contributed by atoms with van der Waals surface area (Å²) in [6, 6.07) is 11.3. The van der Waals surface area contributed by atoms with Crippen LogP contribution in [-0.2, 0) is 13.0 Å². The van der Waals surface area contributed by atoms with Gasteiger partial charge in [-0.1, -0.05) is 11.3 Å². The van der Waals surface area contributed by atoms with Crippen LogP contribution in [0.25, 0.3) is 11.0 Å². The SMILES string of the molecule is CCn1nnc2cc(C(=O)NCCc3ccc4c(c3)OCO4)ccc21. The molecule has 1 amide bonds. The Hall–Kier alpha value is -3.09. The molecule has 0 unspecified atom stereocenters. The van der Waals surface area contributed by atoms with Crippen molar-refractivity contribution in [2.45, 2.75) is 19.9 Å². The number of benzene rings is 2. The molecule has 0 aliphatic carbocycles. The van der Waals surface area contributed by atoms with E-state index in [0.29, 0.717) is 12.1 Å². The Kier molecular flexibility index (Phi) is 3.97. The topological polar surface area (TPSA) is 78.3 Å². The first kappa shape index (κ1) is 15.4. The summed E-state index contributed by atoms with van der Waals surface area (Å²) in [6.07, 6.45) is 0.719. The summed E-state index contributed by atoms with van der Waals surface area (Å²) in [5.41, 5.74) is 3.33. The van der Waals surface area contributed by atoms with Crippen molar-refractivity contribution in [3.8, 4) is 11.5 Å². The van der Waals surface area contributed by atoms with Crippen LogP contribution < -0.4 is 14.8 Å². The van der Waals surface area contributed by atoms with Crippen LogP contribution in [0.15, 0.2) is 36.4 Å². The van der Waals surface area contributed by atoms with Crippen molar-refractivity contribution in [1.29, 1.82) is 0 Å². The van der Waals surface area contributed by atoms with E-state index in [1.807, 2.05) is 31.2 Å². The maximum atomic E-state index is 12.3. The molecule has 0 saturated heterocycles. The smallest absolute Gasteiger partial charge is 0.251 e. The fraction of sp³-hybridized carbons (Fsp3) is 0.278. The van der Waals surface area contributed by atoms with Crippen LogP contribution in [-0.4, -0.2) is 34.2 Å². The van der Waals surface area contributed by atoms with Gasteiger partial charge in [-0.3, -0.25) is 4.79 Å². The highest BCUT2D eigenvalue weighted by atomic mass is 16.7. The lowest BCUT2D eigenvalue weighted by Gasteiger charge is -2.06. The van der Waals surface area contributed by atoms with Gasteiger partial charge in [0.05, 0.1) is 5.52 Å². The number of nitrogens with one attached hydrogen (secondary N) is 1. The van der Waals surface area contributed by atoms with E-state index in [9.17, 15) is 4.79 Å². The summed E-state index contributed by atoms with van der Waals surface area (Å²) in [7, 11) is 0. The van der Waals surface area contributed by atoms with E-state index in [1.165, 1.54) is 0 Å². The van der Waals surface area contributed by atoms with Gasteiger partial charge in [-0.05, 0) is 49.2 Å². The van der Waals surface area contributed by atoms with Crippen molar-refractivity contribution in [1.82, 2.24) is 20.3 Å². The normalized spacial score (nSPS) is 12.5. The zero-order chi connectivity index (χ0) is 17.2. The molecule has 25 heavy (non-hydrogen) atoms. The summed E-state index contributed by atoms with van der Waals surface area (Å²) in [6.45, 7) is 3.56. The van der Waals surface area contributed by atoms with Crippen LogP contribution in [0.1, 0.15) is 22.8 Å². The van der Waals surface area contributed by atoms with Crippen molar-refractivity contribution in [3.63, 3.8) is 0 Å². The molecular formula is C18H18N4O3. The lowest BCUT2D eigenvalue weighted by atomic mass is 10.1. The first-order valence-electron chi connectivity index (χ1n) is 8.24. The van der Waals surface area contributed by atoms with Crippen LogP contribution in [0.4, 0.5) is 0 Å². The number of nitrogens with zero attached hydrogens (tertiary/aromatic N) is 3. The summed E-state index contributed by atoms with van der Waals surface area (Å²) >= 11 is 0. The maximum Gasteiger partial charge on any atom is 0.251 e. The minimum Gasteiger partial charge on any atom is -0.454 e. The van der Waals surface area contributed by atoms with E-state index in [2.05, 4.69) is 15.6 Å². The number of hydrogen-bond donors (Lipinski definition) is 1. The van der Waals surface area contributed by atoms with Gasteiger partial charge in [0.15, 0.2) is 11.5 Å². The molecule has 128 valence electrons. The van der Waals surface area contributed by atoms with Gasteiger partial charge in [0, 0.05) is 18.7 Å². The molecule has 0 radical (unpaired) electrons. The lowest BCUT2D eigenvalue weighted by Crippen LogP contribution is -2.25. The fourth-order valence-corrected chi connectivity index (χ4v) is 2.87. The first-order chi connectivity index (χ1) is 12.2. The molecule has 4 rings (SSSR count). The number of hydrogen-bond acceptors (Lipinski definition) is 5. The Morgan fingerprint density at radius 3 is 2.96 bits per heavy atom. The van der Waals surface area contributed by atoms with Gasteiger partial charge in [0.2, 0.25) is 6.79 Å². The first-order valence-corrected chi connectivity index (χ1v) is 8.24. The van der Waals surface area contributed by atoms with Crippen molar-refractivity contribution in [3.05, 3.63) is 47.5 Å². The zero-order valence-corrected chi connectivity index (χ0v) is 13.9. The van der Waals surface area contributed by atoms with Crippen molar-refractivity contribution < 1.29 is 14.3 Å². The number of amides is 1. The molecule has 7 heteroatoms. The molecule has 0 fully saturated rings. The molecule has 0 bridgehead atoms. The van der Waals surface area contributed by atoms with E-state index in [0.717, 1.165) is 41.1 Å². The molecule has 0 spiro atoms. The van der Waals surface area contributed by atoms with Crippen molar-refractivity contribution >= 4 is 16.9 Å². The second-order valence-corrected chi connectivity index (χ2v) is 5.80. The number of aryl methyl sites for hydroxylation is 1. The van der Waals surface area contributed by atoms with Crippen molar-refractivity contribution in [2.75, 3.05) is 13.3 Å². The fourth-order valence-electron chi connectivity index (χ4n) is 2.87. The largest absolute Gasteiger partial charge is 0.454 e. The minimum atomic E-state index is -0.117. The third-order valence-corrected chi connectivity index (χ3v) is 4.21. The van der Waals surface area contributed by atoms with E-state index in [4.69, 9.17) is 9.47 Å². The molecule has 2 aromatic carbocycles. The predicted molar refractivity (Wildman–Crippen MR) is 91.8 cm³/mol. The van der Waals surface area contributed by atoms with Gasteiger partial charge in [0.1, 0.15) is 5.52 Å². The summed E-state index contributed by atoms with van der Waals surface area (Å²) in [4.78, 5) is 12.3. The standard InChI is InChI=1S/C18H18N4O3/c1-2-22-15-5-4-13(10-14(15)20-21-22)18(23)19-8-7-12-3-6-16-17(9-12)25-11-24-16/h3-6,9-10H,2,7-8,11H2,1H3,(H,19,23). The number of aromatic nitrogens is 3. The van der Waals surface area contributed by atoms with Gasteiger partial charge in [-0.15, -0.1) is 5.10 Å². The lowest BCUT2D eigenvalue weighted by molar-refractivity contribution is 0.0954. The van der Waals surface area contributed by atoms with Gasteiger partial charge in [0.25, 0.3) is 5.91 Å². The second-order valence-electron chi connectivity index (χ2n) is 5.80. The average molecular weight is 338 g/mol. The molecule has 7 nitrogen and oxygen atoms in total. The van der Waals surface area contributed by atoms with E-state index < -0.39 is 0 Å². The van der Waals surface area contributed by atoms with Crippen LogP contribution in [0, 0.1) is 0 Å². The number of carbonyl (C=O) groups is 1. The number of fused-ring (bicyclic) bond motifs is 2. The molecular weight excluding hydrogens is 320 g/mol. The van der Waals surface area contributed by atoms with E-state index in [1.54, 1.807) is 16.8 Å². The van der Waals surface area contributed by atoms with Gasteiger partial charge >= 0.3 is 0 Å². The molecule has 3 aromatic rings. The highest BCUT2D eigenvalue weighted by Gasteiger charge is 2.13. The quantitative estimate of drug-likeness (QED) is 0.771. The van der Waals surface area contributed by atoms with Gasteiger partial charge < -0.3 is 14.8 Å². The second kappa shape index (κ2) is 6.43. The Morgan fingerprint density at radius 2 is 2.08 bits per heavy atom. The highest BCUT2D eigenvalue weighted by molar-refractivity contribution is 5.97. The van der Waals surface area contributed by atoms with E-state index in [-0.39, 0.29) is 12.7 Å². The van der Waals surface area contributed by atoms with E-state index >= 15 is 0 Å². The molecule has 1 N–H and O–H groups in total. The summed E-state index contributed by atoms with van der Waals surface area (Å²) < 4.78 is 12.5. The van der Waals surface area contributed by atoms with Gasteiger partial charge in [-0.25, -0.2) is 4.68 Å². The molecule has 2 heterocycles. The third-order valence-electron chi connectivity index (χ3n) is 4.21. The van der Waals surface area contributed by atoms with Crippen LogP contribution >= 0.6 is 0 Å². The Balaban J connectivity index is 1.39. The summed E-state index contributed by atoms with van der Waals surface area (Å²) in [5, 5.41) is 11.1. The Morgan fingerprint density at radius 1 is 1.20 bits per heavy atom. The minimum absolute atomic E-state index is 0.117. The predicted octanol–water partition coefficient (Wildman–Crippen LogP) is 2.15. The van der Waals surface area contributed by atoms with Crippen molar-refractivity contribution in [2.24, 2.45) is 0 Å². The third kappa shape index (κ3) is 3.00. The van der Waals surface area contributed by atoms with Gasteiger partial charge in [-0.2, -0.15) is 0 Å². The molecule has 0 atom stereocenters. The zero-order valence-electron chi connectivity index (χ0n) is 13.9. The molecule has 0 saturated carbocycles. The molecule has 1 aromatic heterocycles. The average Bonchev–Trinajstić information content (AvgIpc) is 3.26. The monoisotopic (exact) mass is 338 g/mol. The Bertz CT molecular complexity index is 935.